The maximum absolute atomic E-state index is 12.8. The molecule has 0 aliphatic carbocycles. The van der Waals surface area contributed by atoms with Crippen LogP contribution < -0.4 is 10.5 Å². The Labute approximate surface area is 185 Å². The second kappa shape index (κ2) is 8.07. The summed E-state index contributed by atoms with van der Waals surface area (Å²) in [6.45, 7) is 5.79. The van der Waals surface area contributed by atoms with Gasteiger partial charge in [0.1, 0.15) is 0 Å². The number of benzene rings is 2. The Balaban J connectivity index is 1.57. The molecule has 7 heteroatoms. The fraction of sp³-hybridized carbons (Fsp3) is 0.280. The highest BCUT2D eigenvalue weighted by Crippen LogP contribution is 2.46. The van der Waals surface area contributed by atoms with Crippen molar-refractivity contribution in [1.29, 1.82) is 0 Å². The molecule has 2 aromatic carbocycles. The van der Waals surface area contributed by atoms with Crippen LogP contribution in [0.1, 0.15) is 36.8 Å². The van der Waals surface area contributed by atoms with Crippen molar-refractivity contribution >= 4 is 28.2 Å². The monoisotopic (exact) mass is 431 g/mol. The fourth-order valence-corrected chi connectivity index (χ4v) is 4.26. The quantitative estimate of drug-likeness (QED) is 0.455. The van der Waals surface area contributed by atoms with Crippen LogP contribution in [0.5, 0.6) is 0 Å². The molecule has 7 nitrogen and oxygen atoms in total. The zero-order valence-electron chi connectivity index (χ0n) is 18.6. The van der Waals surface area contributed by atoms with E-state index in [4.69, 9.17) is 4.74 Å². The Hall–Kier alpha value is -3.74. The number of fused-ring (bicyclic) bond motifs is 2. The van der Waals surface area contributed by atoms with Crippen LogP contribution in [-0.2, 0) is 21.5 Å². The lowest BCUT2D eigenvalue weighted by Crippen LogP contribution is -2.27. The summed E-state index contributed by atoms with van der Waals surface area (Å²) in [5, 5.41) is 4.95. The first kappa shape index (κ1) is 21.5. The number of carbonyl (C=O) groups is 2. The molecule has 4 rings (SSSR count). The molecule has 32 heavy (non-hydrogen) atoms. The molecule has 0 bridgehead atoms. The van der Waals surface area contributed by atoms with E-state index >= 15 is 0 Å². The minimum Gasteiger partial charge on any atom is -0.453 e. The van der Waals surface area contributed by atoms with Gasteiger partial charge in [-0.2, -0.15) is 5.10 Å². The Morgan fingerprint density at radius 2 is 1.72 bits per heavy atom. The standard InChI is InChI=1S/C25H25N3O4/c1-5-28-23(30)18-11-7-6-10-17(18)22(26-28)24(31)32-15-16(29)14-21-25(2,3)19-12-8-9-13-20(19)27(21)4/h6-14H,5,15H2,1-4H3/b21-14-. The van der Waals surface area contributed by atoms with Crippen LogP contribution in [0.25, 0.3) is 10.8 Å². The number of esters is 1. The lowest BCUT2D eigenvalue weighted by molar-refractivity contribution is -0.117. The SMILES string of the molecule is CCn1nc(C(=O)OCC(=O)/C=C2\N(C)c3ccccc3C2(C)C)c2ccccc2c1=O. The van der Waals surface area contributed by atoms with Crippen molar-refractivity contribution in [2.75, 3.05) is 18.6 Å². The van der Waals surface area contributed by atoms with E-state index in [-0.39, 0.29) is 22.5 Å². The van der Waals surface area contributed by atoms with Crippen molar-refractivity contribution in [3.05, 3.63) is 81.9 Å². The van der Waals surface area contributed by atoms with Crippen molar-refractivity contribution in [3.63, 3.8) is 0 Å². The normalized spacial score (nSPS) is 15.8. The van der Waals surface area contributed by atoms with Crippen LogP contribution in [-0.4, -0.2) is 35.2 Å². The van der Waals surface area contributed by atoms with Gasteiger partial charge in [0, 0.05) is 41.9 Å². The molecule has 0 amide bonds. The number of aryl methyl sites for hydroxylation is 1. The second-order valence-electron chi connectivity index (χ2n) is 8.29. The number of para-hydroxylation sites is 1. The topological polar surface area (TPSA) is 81.5 Å². The smallest absolute Gasteiger partial charge is 0.359 e. The molecule has 164 valence electrons. The third-order valence-electron chi connectivity index (χ3n) is 5.94. The first-order valence-electron chi connectivity index (χ1n) is 10.5. The molecule has 1 aliphatic heterocycles. The number of rotatable bonds is 5. The van der Waals surface area contributed by atoms with Gasteiger partial charge in [0.2, 0.25) is 0 Å². The number of hydrogen-bond donors (Lipinski definition) is 0. The van der Waals surface area contributed by atoms with Crippen LogP contribution >= 0.6 is 0 Å². The fourth-order valence-electron chi connectivity index (χ4n) is 4.26. The van der Waals surface area contributed by atoms with Gasteiger partial charge in [-0.05, 0) is 24.6 Å². The predicted octanol–water partition coefficient (Wildman–Crippen LogP) is 3.45. The van der Waals surface area contributed by atoms with Crippen molar-refractivity contribution in [3.8, 4) is 0 Å². The summed E-state index contributed by atoms with van der Waals surface area (Å²) in [5.74, 6) is -1.06. The summed E-state index contributed by atoms with van der Waals surface area (Å²) >= 11 is 0. The third kappa shape index (κ3) is 3.49. The summed E-state index contributed by atoms with van der Waals surface area (Å²) in [6, 6.07) is 14.8. The number of aromatic nitrogens is 2. The first-order valence-corrected chi connectivity index (χ1v) is 10.5. The third-order valence-corrected chi connectivity index (χ3v) is 5.94. The van der Waals surface area contributed by atoms with Crippen molar-refractivity contribution in [1.82, 2.24) is 9.78 Å². The summed E-state index contributed by atoms with van der Waals surface area (Å²) < 4.78 is 6.52. The number of hydrogen-bond acceptors (Lipinski definition) is 6. The van der Waals surface area contributed by atoms with E-state index in [1.165, 1.54) is 10.8 Å². The molecular weight excluding hydrogens is 406 g/mol. The van der Waals surface area contributed by atoms with Gasteiger partial charge in [0.15, 0.2) is 18.1 Å². The van der Waals surface area contributed by atoms with Crippen LogP contribution in [0, 0.1) is 0 Å². The highest BCUT2D eigenvalue weighted by atomic mass is 16.5. The van der Waals surface area contributed by atoms with E-state index in [0.29, 0.717) is 17.3 Å². The van der Waals surface area contributed by atoms with Crippen LogP contribution in [0.4, 0.5) is 5.69 Å². The molecule has 2 heterocycles. The molecule has 1 aromatic heterocycles. The summed E-state index contributed by atoms with van der Waals surface area (Å²) in [5.41, 5.74) is 2.42. The average Bonchev–Trinajstić information content (AvgIpc) is 2.99. The highest BCUT2D eigenvalue weighted by molar-refractivity contribution is 6.03. The molecule has 0 saturated heterocycles. The largest absolute Gasteiger partial charge is 0.453 e. The van der Waals surface area contributed by atoms with Gasteiger partial charge in [0.25, 0.3) is 5.56 Å². The van der Waals surface area contributed by atoms with E-state index in [0.717, 1.165) is 16.9 Å². The average molecular weight is 431 g/mol. The first-order chi connectivity index (χ1) is 15.3. The number of anilines is 1. The Morgan fingerprint density at radius 3 is 2.41 bits per heavy atom. The number of likely N-dealkylation sites (N-methyl/N-ethyl adjacent to an activating group) is 1. The van der Waals surface area contributed by atoms with E-state index in [9.17, 15) is 14.4 Å². The molecule has 0 fully saturated rings. The maximum atomic E-state index is 12.8. The van der Waals surface area contributed by atoms with Crippen molar-refractivity contribution < 1.29 is 14.3 Å². The van der Waals surface area contributed by atoms with Gasteiger partial charge in [-0.3, -0.25) is 9.59 Å². The molecule has 0 atom stereocenters. The number of allylic oxidation sites excluding steroid dienone is 1. The van der Waals surface area contributed by atoms with Gasteiger partial charge in [0.05, 0.1) is 5.39 Å². The van der Waals surface area contributed by atoms with Gasteiger partial charge in [-0.15, -0.1) is 0 Å². The minimum absolute atomic E-state index is 0.0215. The number of ketones is 1. The summed E-state index contributed by atoms with van der Waals surface area (Å²) in [7, 11) is 1.92. The van der Waals surface area contributed by atoms with Crippen molar-refractivity contribution in [2.24, 2.45) is 0 Å². The highest BCUT2D eigenvalue weighted by Gasteiger charge is 2.38. The molecule has 0 spiro atoms. The molecule has 0 saturated carbocycles. The van der Waals surface area contributed by atoms with Gasteiger partial charge < -0.3 is 9.64 Å². The molecule has 3 aromatic rings. The number of nitrogens with zero attached hydrogens (tertiary/aromatic N) is 3. The predicted molar refractivity (Wildman–Crippen MR) is 123 cm³/mol. The molecule has 1 aliphatic rings. The summed E-state index contributed by atoms with van der Waals surface area (Å²) in [6.07, 6.45) is 1.53. The zero-order chi connectivity index (χ0) is 23.0. The second-order valence-corrected chi connectivity index (χ2v) is 8.29. The van der Waals surface area contributed by atoms with E-state index in [1.807, 2.05) is 30.1 Å². The molecule has 0 radical (unpaired) electrons. The van der Waals surface area contributed by atoms with Crippen LogP contribution in [0.15, 0.2) is 65.1 Å². The number of carbonyl (C=O) groups excluding carboxylic acids is 2. The zero-order valence-corrected chi connectivity index (χ0v) is 18.6. The maximum Gasteiger partial charge on any atom is 0.359 e. The molecular formula is C25H25N3O4. The van der Waals surface area contributed by atoms with E-state index < -0.39 is 12.6 Å². The summed E-state index contributed by atoms with van der Waals surface area (Å²) in [4.78, 5) is 39.9. The van der Waals surface area contributed by atoms with Crippen LogP contribution in [0.2, 0.25) is 0 Å². The van der Waals surface area contributed by atoms with Gasteiger partial charge in [-0.25, -0.2) is 9.48 Å². The lowest BCUT2D eigenvalue weighted by atomic mass is 9.83. The Bertz CT molecular complexity index is 1320. The van der Waals surface area contributed by atoms with Gasteiger partial charge in [-0.1, -0.05) is 50.2 Å². The molecule has 0 N–H and O–H groups in total. The Kier molecular flexibility index (Phi) is 5.42. The van der Waals surface area contributed by atoms with Crippen LogP contribution in [0.3, 0.4) is 0 Å². The lowest BCUT2D eigenvalue weighted by Gasteiger charge is -2.23. The number of ether oxygens (including phenoxy) is 1. The molecule has 0 unspecified atom stereocenters. The minimum atomic E-state index is -0.738. The van der Waals surface area contributed by atoms with Crippen molar-refractivity contribution in [2.45, 2.75) is 32.7 Å². The Morgan fingerprint density at radius 1 is 1.06 bits per heavy atom. The van der Waals surface area contributed by atoms with E-state index in [1.54, 1.807) is 31.2 Å². The van der Waals surface area contributed by atoms with E-state index in [2.05, 4.69) is 25.0 Å². The van der Waals surface area contributed by atoms with Gasteiger partial charge >= 0.3 is 5.97 Å².